The summed E-state index contributed by atoms with van der Waals surface area (Å²) in [6.07, 6.45) is -3.82. The van der Waals surface area contributed by atoms with Crippen molar-refractivity contribution in [1.29, 1.82) is 5.26 Å². The van der Waals surface area contributed by atoms with Gasteiger partial charge in [-0.15, -0.1) is 0 Å². The van der Waals surface area contributed by atoms with Gasteiger partial charge in [0.1, 0.15) is 0 Å². The van der Waals surface area contributed by atoms with Crippen LogP contribution >= 0.6 is 0 Å². The molecule has 0 fully saturated rings. The average Bonchev–Trinajstić information content (AvgIpc) is 2.47. The zero-order valence-corrected chi connectivity index (χ0v) is 11.1. The molecule has 0 heterocycles. The topological polar surface area (TPSA) is 35.8 Å². The highest BCUT2D eigenvalue weighted by Gasteiger charge is 2.33. The fraction of sp³-hybridized carbons (Fsp3) is 0.188. The Kier molecular flexibility index (Phi) is 4.49. The lowest BCUT2D eigenvalue weighted by Crippen LogP contribution is -2.10. The van der Waals surface area contributed by atoms with Crippen molar-refractivity contribution in [1.82, 2.24) is 0 Å². The first-order valence-electron chi connectivity index (χ1n) is 6.40. The van der Waals surface area contributed by atoms with Gasteiger partial charge in [0.05, 0.1) is 17.2 Å². The maximum Gasteiger partial charge on any atom is 0.417 e. The Bertz CT molecular complexity index is 643. The molecule has 0 aliphatic heterocycles. The summed E-state index contributed by atoms with van der Waals surface area (Å²) in [6, 6.07) is 14.9. The Morgan fingerprint density at radius 2 is 1.76 bits per heavy atom. The van der Waals surface area contributed by atoms with E-state index in [1.165, 1.54) is 12.1 Å². The van der Waals surface area contributed by atoms with E-state index in [9.17, 15) is 13.2 Å². The minimum Gasteiger partial charge on any atom is -0.385 e. The quantitative estimate of drug-likeness (QED) is 0.914. The Hall–Kier alpha value is -2.48. The van der Waals surface area contributed by atoms with E-state index in [1.54, 1.807) is 6.07 Å². The van der Waals surface area contributed by atoms with Crippen molar-refractivity contribution in [3.05, 3.63) is 65.2 Å². The van der Waals surface area contributed by atoms with Gasteiger partial charge in [-0.3, -0.25) is 0 Å². The van der Waals surface area contributed by atoms with Gasteiger partial charge in [-0.1, -0.05) is 30.3 Å². The number of nitriles is 1. The summed E-state index contributed by atoms with van der Waals surface area (Å²) in [5.41, 5.74) is 0.192. The lowest BCUT2D eigenvalue weighted by molar-refractivity contribution is -0.137. The smallest absolute Gasteiger partial charge is 0.385 e. The molecule has 0 atom stereocenters. The van der Waals surface area contributed by atoms with Gasteiger partial charge in [-0.05, 0) is 30.2 Å². The van der Waals surface area contributed by atoms with Crippen LogP contribution < -0.4 is 5.32 Å². The second kappa shape index (κ2) is 6.31. The molecule has 0 spiro atoms. The predicted molar refractivity (Wildman–Crippen MR) is 74.8 cm³/mol. The third-order valence-electron chi connectivity index (χ3n) is 3.03. The molecule has 0 unspecified atom stereocenters. The molecular formula is C16H13F3N2. The van der Waals surface area contributed by atoms with E-state index in [4.69, 9.17) is 5.26 Å². The van der Waals surface area contributed by atoms with E-state index < -0.39 is 11.7 Å². The van der Waals surface area contributed by atoms with Crippen LogP contribution in [-0.4, -0.2) is 6.54 Å². The van der Waals surface area contributed by atoms with Crippen molar-refractivity contribution in [2.75, 3.05) is 11.9 Å². The number of alkyl halides is 3. The molecule has 0 radical (unpaired) electrons. The molecule has 2 aromatic rings. The van der Waals surface area contributed by atoms with Crippen LogP contribution in [0.1, 0.15) is 16.7 Å². The van der Waals surface area contributed by atoms with Crippen LogP contribution in [0.4, 0.5) is 18.9 Å². The summed E-state index contributed by atoms with van der Waals surface area (Å²) in [6.45, 7) is 0.521. The number of nitrogens with zero attached hydrogens (tertiary/aromatic N) is 1. The predicted octanol–water partition coefficient (Wildman–Crippen LogP) is 4.23. The second-order valence-electron chi connectivity index (χ2n) is 4.53. The minimum absolute atomic E-state index is 0.359. The fourth-order valence-electron chi connectivity index (χ4n) is 1.98. The first-order valence-corrected chi connectivity index (χ1v) is 6.40. The number of halogens is 3. The molecule has 2 nitrogen and oxygen atoms in total. The number of anilines is 1. The number of rotatable bonds is 4. The van der Waals surface area contributed by atoms with Gasteiger partial charge in [0.15, 0.2) is 0 Å². The van der Waals surface area contributed by atoms with Gasteiger partial charge in [-0.2, -0.15) is 18.4 Å². The summed E-state index contributed by atoms with van der Waals surface area (Å²) in [7, 11) is 0. The van der Waals surface area contributed by atoms with Crippen molar-refractivity contribution in [2.45, 2.75) is 12.6 Å². The van der Waals surface area contributed by atoms with Crippen molar-refractivity contribution < 1.29 is 13.2 Å². The Morgan fingerprint density at radius 3 is 2.38 bits per heavy atom. The number of hydrogen-bond donors (Lipinski definition) is 1. The lowest BCUT2D eigenvalue weighted by atomic mass is 10.1. The van der Waals surface area contributed by atoms with Crippen molar-refractivity contribution in [3.63, 3.8) is 0 Å². The molecule has 0 bridgehead atoms. The van der Waals surface area contributed by atoms with E-state index in [2.05, 4.69) is 5.32 Å². The van der Waals surface area contributed by atoms with Crippen LogP contribution in [0.15, 0.2) is 48.5 Å². The maximum absolute atomic E-state index is 12.8. The van der Waals surface area contributed by atoms with E-state index in [-0.39, 0.29) is 5.56 Å². The molecule has 0 aliphatic rings. The van der Waals surface area contributed by atoms with Crippen molar-refractivity contribution >= 4 is 5.69 Å². The fourth-order valence-corrected chi connectivity index (χ4v) is 1.98. The molecule has 108 valence electrons. The highest BCUT2D eigenvalue weighted by Crippen LogP contribution is 2.33. The molecule has 2 aromatic carbocycles. The summed E-state index contributed by atoms with van der Waals surface area (Å²) in [5.74, 6) is 0. The van der Waals surface area contributed by atoms with Gasteiger partial charge in [-0.25, -0.2) is 0 Å². The molecule has 0 aliphatic carbocycles. The number of benzene rings is 2. The van der Waals surface area contributed by atoms with Crippen LogP contribution in [0, 0.1) is 11.3 Å². The lowest BCUT2D eigenvalue weighted by Gasteiger charge is -2.12. The Labute approximate surface area is 120 Å². The van der Waals surface area contributed by atoms with Crippen LogP contribution in [0.3, 0.4) is 0 Å². The molecule has 1 N–H and O–H groups in total. The monoisotopic (exact) mass is 290 g/mol. The molecule has 0 amide bonds. The van der Waals surface area contributed by atoms with Crippen molar-refractivity contribution in [2.24, 2.45) is 0 Å². The zero-order chi connectivity index (χ0) is 15.3. The van der Waals surface area contributed by atoms with Gasteiger partial charge in [0.25, 0.3) is 0 Å². The third-order valence-corrected chi connectivity index (χ3v) is 3.03. The van der Waals surface area contributed by atoms with Crippen LogP contribution in [-0.2, 0) is 12.6 Å². The molecule has 21 heavy (non-hydrogen) atoms. The summed E-state index contributed by atoms with van der Waals surface area (Å²) >= 11 is 0. The summed E-state index contributed by atoms with van der Waals surface area (Å²) in [5, 5.41) is 11.7. The third kappa shape index (κ3) is 3.99. The zero-order valence-electron chi connectivity index (χ0n) is 11.1. The molecule has 2 rings (SSSR count). The molecule has 5 heteroatoms. The van der Waals surface area contributed by atoms with Gasteiger partial charge in [0.2, 0.25) is 0 Å². The van der Waals surface area contributed by atoms with Crippen LogP contribution in [0.5, 0.6) is 0 Å². The number of nitrogens with one attached hydrogen (secondary N) is 1. The highest BCUT2D eigenvalue weighted by atomic mass is 19.4. The minimum atomic E-state index is -4.53. The summed E-state index contributed by atoms with van der Waals surface area (Å²) < 4.78 is 38.5. The number of hydrogen-bond acceptors (Lipinski definition) is 2. The molecule has 0 saturated carbocycles. The average molecular weight is 290 g/mol. The molecule has 0 saturated heterocycles. The standard InChI is InChI=1S/C16H13F3N2/c17-16(18,19)15-10-14(7-6-13(15)11-20)21-9-8-12-4-2-1-3-5-12/h1-7,10,21H,8-9H2. The van der Waals surface area contributed by atoms with E-state index in [0.29, 0.717) is 18.7 Å². The van der Waals surface area contributed by atoms with Gasteiger partial charge in [0, 0.05) is 12.2 Å². The summed E-state index contributed by atoms with van der Waals surface area (Å²) in [4.78, 5) is 0. The van der Waals surface area contributed by atoms with Crippen molar-refractivity contribution in [3.8, 4) is 6.07 Å². The maximum atomic E-state index is 12.8. The first-order chi connectivity index (χ1) is 10.0. The van der Waals surface area contributed by atoms with E-state index >= 15 is 0 Å². The van der Waals surface area contributed by atoms with Crippen LogP contribution in [0.25, 0.3) is 0 Å². The second-order valence-corrected chi connectivity index (χ2v) is 4.53. The highest BCUT2D eigenvalue weighted by molar-refractivity contribution is 5.53. The SMILES string of the molecule is N#Cc1ccc(NCCc2ccccc2)cc1C(F)(F)F. The van der Waals surface area contributed by atoms with E-state index in [0.717, 1.165) is 11.6 Å². The molecular weight excluding hydrogens is 277 g/mol. The van der Waals surface area contributed by atoms with Gasteiger partial charge >= 0.3 is 6.18 Å². The van der Waals surface area contributed by atoms with Gasteiger partial charge < -0.3 is 5.32 Å². The first kappa shape index (κ1) is 14.9. The normalized spacial score (nSPS) is 11.0. The van der Waals surface area contributed by atoms with Crippen LogP contribution in [0.2, 0.25) is 0 Å². The largest absolute Gasteiger partial charge is 0.417 e. The van der Waals surface area contributed by atoms with E-state index in [1.807, 2.05) is 30.3 Å². The molecule has 0 aromatic heterocycles. The Morgan fingerprint density at radius 1 is 1.05 bits per heavy atom. The Balaban J connectivity index is 2.06.